The Hall–Kier alpha value is -1.43. The first-order valence-corrected chi connectivity index (χ1v) is 4.42. The smallest absolute Gasteiger partial charge is 0.311 e. The van der Waals surface area contributed by atoms with Gasteiger partial charge in [0.2, 0.25) is 5.75 Å². The molecule has 0 spiro atoms. The van der Waals surface area contributed by atoms with Gasteiger partial charge in [0.15, 0.2) is 0 Å². The fourth-order valence-electron chi connectivity index (χ4n) is 0.875. The fraction of sp³-hybridized carbons (Fsp3) is 0.125. The predicted octanol–water partition coefficient (Wildman–Crippen LogP) is 2.28. The van der Waals surface area contributed by atoms with Crippen LogP contribution in [-0.2, 0) is 4.79 Å². The Balaban J connectivity index is 3.15. The van der Waals surface area contributed by atoms with Gasteiger partial charge < -0.3 is 4.74 Å². The minimum absolute atomic E-state index is 0.0584. The lowest BCUT2D eigenvalue weighted by atomic mass is 10.3. The summed E-state index contributed by atoms with van der Waals surface area (Å²) < 4.78 is 5.29. The highest BCUT2D eigenvalue weighted by Crippen LogP contribution is 2.29. The molecule has 0 aliphatic rings. The molecule has 0 saturated heterocycles. The molecule has 0 aromatic heterocycles. The van der Waals surface area contributed by atoms with Crippen LogP contribution in [0.25, 0.3) is 0 Å². The van der Waals surface area contributed by atoms with E-state index < -0.39 is 10.9 Å². The Morgan fingerprint density at radius 3 is 2.71 bits per heavy atom. The van der Waals surface area contributed by atoms with Crippen LogP contribution in [0.1, 0.15) is 6.92 Å². The van der Waals surface area contributed by atoms with Crippen molar-refractivity contribution < 1.29 is 14.5 Å². The average molecular weight is 260 g/mol. The Kier molecular flexibility index (Phi) is 3.19. The molecular weight excluding hydrogens is 254 g/mol. The van der Waals surface area contributed by atoms with E-state index in [9.17, 15) is 14.9 Å². The molecule has 0 heterocycles. The Labute approximate surface area is 88.0 Å². The first-order chi connectivity index (χ1) is 6.50. The van der Waals surface area contributed by atoms with Crippen molar-refractivity contribution in [3.05, 3.63) is 32.8 Å². The van der Waals surface area contributed by atoms with E-state index in [2.05, 4.69) is 20.7 Å². The maximum atomic E-state index is 10.6. The first kappa shape index (κ1) is 10.6. The third kappa shape index (κ3) is 2.53. The number of benzene rings is 1. The van der Waals surface area contributed by atoms with Crippen molar-refractivity contribution in [3.8, 4) is 5.75 Å². The van der Waals surface area contributed by atoms with Crippen molar-refractivity contribution in [1.29, 1.82) is 0 Å². The zero-order valence-electron chi connectivity index (χ0n) is 7.19. The molecule has 14 heavy (non-hydrogen) atoms. The van der Waals surface area contributed by atoms with Crippen molar-refractivity contribution in [1.82, 2.24) is 0 Å². The van der Waals surface area contributed by atoms with E-state index in [1.54, 1.807) is 0 Å². The summed E-state index contributed by atoms with van der Waals surface area (Å²) in [7, 11) is 0. The number of nitrogens with zero attached hydrogens (tertiary/aromatic N) is 1. The quantitative estimate of drug-likeness (QED) is 0.354. The third-order valence-corrected chi connectivity index (χ3v) is 1.87. The van der Waals surface area contributed by atoms with Crippen LogP contribution in [0.4, 0.5) is 5.69 Å². The minimum atomic E-state index is -0.606. The molecule has 0 radical (unpaired) electrons. The minimum Gasteiger partial charge on any atom is -0.419 e. The highest BCUT2D eigenvalue weighted by molar-refractivity contribution is 9.10. The van der Waals surface area contributed by atoms with E-state index in [4.69, 9.17) is 0 Å². The van der Waals surface area contributed by atoms with Gasteiger partial charge in [-0.15, -0.1) is 0 Å². The molecular formula is C8H6BrNO4. The van der Waals surface area contributed by atoms with E-state index in [0.717, 1.165) is 0 Å². The number of ether oxygens (including phenoxy) is 1. The van der Waals surface area contributed by atoms with Gasteiger partial charge in [0, 0.05) is 23.5 Å². The highest BCUT2D eigenvalue weighted by Gasteiger charge is 2.16. The Bertz CT molecular complexity index is 391. The summed E-state index contributed by atoms with van der Waals surface area (Å²) in [4.78, 5) is 20.5. The summed E-state index contributed by atoms with van der Waals surface area (Å²) in [5, 5.41) is 10.5. The maximum absolute atomic E-state index is 10.6. The van der Waals surface area contributed by atoms with Gasteiger partial charge in [0.25, 0.3) is 0 Å². The molecule has 0 aliphatic carbocycles. The zero-order chi connectivity index (χ0) is 10.7. The van der Waals surface area contributed by atoms with Gasteiger partial charge in [-0.3, -0.25) is 14.9 Å². The maximum Gasteiger partial charge on any atom is 0.311 e. The van der Waals surface area contributed by atoms with Crippen LogP contribution in [0.2, 0.25) is 0 Å². The summed E-state index contributed by atoms with van der Waals surface area (Å²) in [6.45, 7) is 1.19. The predicted molar refractivity (Wildman–Crippen MR) is 52.1 cm³/mol. The fourth-order valence-corrected chi connectivity index (χ4v) is 1.22. The van der Waals surface area contributed by atoms with E-state index >= 15 is 0 Å². The number of nitro groups is 1. The Morgan fingerprint density at radius 1 is 1.57 bits per heavy atom. The van der Waals surface area contributed by atoms with Gasteiger partial charge in [0.05, 0.1) is 4.92 Å². The second-order valence-electron chi connectivity index (χ2n) is 2.46. The van der Waals surface area contributed by atoms with Gasteiger partial charge in [-0.1, -0.05) is 15.9 Å². The number of rotatable bonds is 2. The van der Waals surface area contributed by atoms with Crippen LogP contribution in [0.15, 0.2) is 22.7 Å². The topological polar surface area (TPSA) is 69.4 Å². The molecule has 0 atom stereocenters. The van der Waals surface area contributed by atoms with Gasteiger partial charge in [-0.25, -0.2) is 0 Å². The molecule has 0 aliphatic heterocycles. The summed E-state index contributed by atoms with van der Waals surface area (Å²) in [6.07, 6.45) is 0. The zero-order valence-corrected chi connectivity index (χ0v) is 8.78. The Morgan fingerprint density at radius 2 is 2.21 bits per heavy atom. The second kappa shape index (κ2) is 4.19. The summed E-state index contributed by atoms with van der Waals surface area (Å²) in [6, 6.07) is 4.15. The molecule has 1 rings (SSSR count). The van der Waals surface area contributed by atoms with Gasteiger partial charge in [0.1, 0.15) is 0 Å². The van der Waals surface area contributed by atoms with E-state index in [-0.39, 0.29) is 11.4 Å². The molecule has 0 saturated carbocycles. The monoisotopic (exact) mass is 259 g/mol. The average Bonchev–Trinajstić information content (AvgIpc) is 2.01. The molecule has 0 fully saturated rings. The molecule has 1 aromatic carbocycles. The van der Waals surface area contributed by atoms with Crippen molar-refractivity contribution >= 4 is 27.6 Å². The van der Waals surface area contributed by atoms with Crippen LogP contribution in [0, 0.1) is 10.1 Å². The first-order valence-electron chi connectivity index (χ1n) is 3.63. The SMILES string of the molecule is CC(=O)Oc1cc(Br)ccc1[N+](=O)[O-]. The van der Waals surface area contributed by atoms with Crippen LogP contribution in [-0.4, -0.2) is 10.9 Å². The second-order valence-corrected chi connectivity index (χ2v) is 3.38. The summed E-state index contributed by atoms with van der Waals surface area (Å²) >= 11 is 3.12. The molecule has 0 bridgehead atoms. The number of esters is 1. The van der Waals surface area contributed by atoms with Crippen molar-refractivity contribution in [2.75, 3.05) is 0 Å². The van der Waals surface area contributed by atoms with Crippen molar-refractivity contribution in [2.24, 2.45) is 0 Å². The van der Waals surface area contributed by atoms with Crippen molar-refractivity contribution in [3.63, 3.8) is 0 Å². The molecule has 5 nitrogen and oxygen atoms in total. The van der Waals surface area contributed by atoms with Crippen LogP contribution >= 0.6 is 15.9 Å². The van der Waals surface area contributed by atoms with E-state index in [1.807, 2.05) is 0 Å². The van der Waals surface area contributed by atoms with Crippen LogP contribution in [0.5, 0.6) is 5.75 Å². The van der Waals surface area contributed by atoms with Gasteiger partial charge in [-0.05, 0) is 6.07 Å². The summed E-state index contributed by atoms with van der Waals surface area (Å²) in [5.74, 6) is -0.650. The molecule has 0 amide bonds. The largest absolute Gasteiger partial charge is 0.419 e. The molecule has 1 aromatic rings. The number of nitro benzene ring substituents is 1. The van der Waals surface area contributed by atoms with E-state index in [0.29, 0.717) is 4.47 Å². The number of hydrogen-bond donors (Lipinski definition) is 0. The van der Waals surface area contributed by atoms with Crippen LogP contribution in [0.3, 0.4) is 0 Å². The van der Waals surface area contributed by atoms with Gasteiger partial charge in [-0.2, -0.15) is 0 Å². The van der Waals surface area contributed by atoms with Crippen LogP contribution < -0.4 is 4.74 Å². The number of carbonyl (C=O) groups excluding carboxylic acids is 1. The number of hydrogen-bond acceptors (Lipinski definition) is 4. The molecule has 0 N–H and O–H groups in total. The third-order valence-electron chi connectivity index (χ3n) is 1.37. The normalized spacial score (nSPS) is 9.57. The van der Waals surface area contributed by atoms with E-state index in [1.165, 1.54) is 25.1 Å². The highest BCUT2D eigenvalue weighted by atomic mass is 79.9. The summed E-state index contributed by atoms with van der Waals surface area (Å²) in [5.41, 5.74) is -0.233. The standard InChI is InChI=1S/C8H6BrNO4/c1-5(11)14-8-4-6(9)2-3-7(8)10(12)13/h2-4H,1H3. The lowest BCUT2D eigenvalue weighted by Crippen LogP contribution is -2.03. The molecule has 0 unspecified atom stereocenters. The van der Waals surface area contributed by atoms with Gasteiger partial charge >= 0.3 is 11.7 Å². The number of carbonyl (C=O) groups is 1. The lowest BCUT2D eigenvalue weighted by Gasteiger charge is -2.02. The molecule has 6 heteroatoms. The van der Waals surface area contributed by atoms with Crippen molar-refractivity contribution in [2.45, 2.75) is 6.92 Å². The number of halogens is 1. The lowest BCUT2D eigenvalue weighted by molar-refractivity contribution is -0.385. The molecule has 74 valence electrons.